The largest absolute Gasteiger partial charge is 0.485 e. The maximum absolute atomic E-state index is 12.8. The molecule has 31 heavy (non-hydrogen) atoms. The molecule has 0 saturated heterocycles. The van der Waals surface area contributed by atoms with Crippen LogP contribution in [-0.4, -0.2) is 30.8 Å². The minimum absolute atomic E-state index is 0.0791. The third kappa shape index (κ3) is 4.41. The summed E-state index contributed by atoms with van der Waals surface area (Å²) in [4.78, 5) is 27.5. The molecule has 0 atom stereocenters. The number of thiazole rings is 1. The number of hydrogen-bond acceptors (Lipinski definition) is 8. The zero-order valence-electron chi connectivity index (χ0n) is 16.3. The number of para-hydroxylation sites is 2. The Hall–Kier alpha value is -4.12. The van der Waals surface area contributed by atoms with Gasteiger partial charge in [-0.2, -0.15) is 0 Å². The first-order valence-electron chi connectivity index (χ1n) is 9.10. The van der Waals surface area contributed by atoms with Gasteiger partial charge in [0.15, 0.2) is 5.69 Å². The SMILES string of the molecule is Cc1c(C(=O)Nc2ccccc2OCc2cscn2)nnn1-c1cccc([N+](=O)[O-])c1. The number of anilines is 1. The average Bonchev–Trinajstić information content (AvgIpc) is 3.43. The van der Waals surface area contributed by atoms with Crippen LogP contribution in [0.3, 0.4) is 0 Å². The van der Waals surface area contributed by atoms with E-state index in [1.54, 1.807) is 48.8 Å². The number of hydrogen-bond donors (Lipinski definition) is 1. The third-order valence-electron chi connectivity index (χ3n) is 4.39. The Labute approximate surface area is 180 Å². The van der Waals surface area contributed by atoms with E-state index in [0.29, 0.717) is 22.8 Å². The van der Waals surface area contributed by atoms with E-state index >= 15 is 0 Å². The molecule has 1 N–H and O–H groups in total. The Kier molecular flexibility index (Phi) is 5.67. The molecular weight excluding hydrogens is 420 g/mol. The molecule has 0 saturated carbocycles. The molecular formula is C20H16N6O4S. The highest BCUT2D eigenvalue weighted by Crippen LogP contribution is 2.26. The maximum atomic E-state index is 12.8. The number of nitrogens with zero attached hydrogens (tertiary/aromatic N) is 5. The van der Waals surface area contributed by atoms with Crippen molar-refractivity contribution in [1.82, 2.24) is 20.0 Å². The molecule has 0 radical (unpaired) electrons. The summed E-state index contributed by atoms with van der Waals surface area (Å²) in [5.41, 5.74) is 3.89. The second kappa shape index (κ2) is 8.71. The summed E-state index contributed by atoms with van der Waals surface area (Å²) >= 11 is 1.48. The minimum atomic E-state index is -0.494. The molecule has 10 nitrogen and oxygen atoms in total. The lowest BCUT2D eigenvalue weighted by Crippen LogP contribution is -2.15. The molecule has 0 aliphatic carbocycles. The lowest BCUT2D eigenvalue weighted by Gasteiger charge is -2.11. The summed E-state index contributed by atoms with van der Waals surface area (Å²) in [5, 5.41) is 23.6. The van der Waals surface area contributed by atoms with Crippen LogP contribution < -0.4 is 10.1 Å². The van der Waals surface area contributed by atoms with Crippen molar-refractivity contribution < 1.29 is 14.5 Å². The summed E-state index contributed by atoms with van der Waals surface area (Å²) in [5.74, 6) is 0.0199. The van der Waals surface area contributed by atoms with Gasteiger partial charge in [-0.1, -0.05) is 23.4 Å². The van der Waals surface area contributed by atoms with Gasteiger partial charge in [-0.05, 0) is 25.1 Å². The predicted molar refractivity (Wildman–Crippen MR) is 114 cm³/mol. The molecule has 2 heterocycles. The van der Waals surface area contributed by atoms with Gasteiger partial charge < -0.3 is 10.1 Å². The first-order valence-corrected chi connectivity index (χ1v) is 10.0. The van der Waals surface area contributed by atoms with Gasteiger partial charge in [0.1, 0.15) is 12.4 Å². The van der Waals surface area contributed by atoms with Crippen molar-refractivity contribution in [2.75, 3.05) is 5.32 Å². The van der Waals surface area contributed by atoms with Gasteiger partial charge in [-0.3, -0.25) is 14.9 Å². The molecule has 2 aromatic heterocycles. The molecule has 0 spiro atoms. The van der Waals surface area contributed by atoms with Gasteiger partial charge in [0.2, 0.25) is 0 Å². The Morgan fingerprint density at radius 1 is 1.26 bits per heavy atom. The number of carbonyl (C=O) groups excluding carboxylic acids is 1. The molecule has 1 amide bonds. The minimum Gasteiger partial charge on any atom is -0.485 e. The summed E-state index contributed by atoms with van der Waals surface area (Å²) < 4.78 is 7.16. The average molecular weight is 436 g/mol. The van der Waals surface area contributed by atoms with Gasteiger partial charge in [-0.15, -0.1) is 16.4 Å². The predicted octanol–water partition coefficient (Wildman–Crippen LogP) is 3.77. The van der Waals surface area contributed by atoms with Crippen molar-refractivity contribution in [3.05, 3.63) is 86.6 Å². The van der Waals surface area contributed by atoms with Crippen molar-refractivity contribution in [2.24, 2.45) is 0 Å². The number of carbonyl (C=O) groups is 1. The molecule has 156 valence electrons. The maximum Gasteiger partial charge on any atom is 0.278 e. The zero-order chi connectivity index (χ0) is 21.8. The number of benzene rings is 2. The van der Waals surface area contributed by atoms with Crippen LogP contribution in [0.1, 0.15) is 21.9 Å². The van der Waals surface area contributed by atoms with E-state index in [9.17, 15) is 14.9 Å². The molecule has 0 fully saturated rings. The number of aromatic nitrogens is 4. The molecule has 2 aromatic carbocycles. The topological polar surface area (TPSA) is 125 Å². The fourth-order valence-corrected chi connectivity index (χ4v) is 3.40. The van der Waals surface area contributed by atoms with Crippen molar-refractivity contribution in [1.29, 1.82) is 0 Å². The normalized spacial score (nSPS) is 10.6. The van der Waals surface area contributed by atoms with E-state index in [1.807, 2.05) is 5.38 Å². The quantitative estimate of drug-likeness (QED) is 0.345. The van der Waals surface area contributed by atoms with E-state index in [1.165, 1.54) is 28.2 Å². The third-order valence-corrected chi connectivity index (χ3v) is 5.02. The Morgan fingerprint density at radius 2 is 2.10 bits per heavy atom. The van der Waals surface area contributed by atoms with Crippen molar-refractivity contribution >= 4 is 28.6 Å². The molecule has 11 heteroatoms. The van der Waals surface area contributed by atoms with Gasteiger partial charge in [0, 0.05) is 17.5 Å². The van der Waals surface area contributed by atoms with E-state index in [2.05, 4.69) is 20.6 Å². The second-order valence-electron chi connectivity index (χ2n) is 6.43. The smallest absolute Gasteiger partial charge is 0.278 e. The molecule has 0 aliphatic heterocycles. The van der Waals surface area contributed by atoms with Gasteiger partial charge in [-0.25, -0.2) is 9.67 Å². The van der Waals surface area contributed by atoms with Crippen LogP contribution in [0.2, 0.25) is 0 Å². The van der Waals surface area contributed by atoms with Crippen LogP contribution in [-0.2, 0) is 6.61 Å². The standard InChI is InChI=1S/C20H16N6O4S/c1-13-19(23-24-25(13)15-5-4-6-16(9-15)26(28)29)20(27)22-17-7-2-3-8-18(17)30-10-14-11-31-12-21-14/h2-9,11-12H,10H2,1H3,(H,22,27). The Morgan fingerprint density at radius 3 is 2.87 bits per heavy atom. The highest BCUT2D eigenvalue weighted by Gasteiger charge is 2.20. The Balaban J connectivity index is 1.54. The van der Waals surface area contributed by atoms with Crippen LogP contribution in [0.15, 0.2) is 59.4 Å². The number of nitro groups is 1. The summed E-state index contributed by atoms with van der Waals surface area (Å²) in [6, 6.07) is 13.0. The number of nitro benzene ring substituents is 1. The van der Waals surface area contributed by atoms with Crippen molar-refractivity contribution in [2.45, 2.75) is 13.5 Å². The number of nitrogens with one attached hydrogen (secondary N) is 1. The van der Waals surface area contributed by atoms with Gasteiger partial charge >= 0.3 is 0 Å². The zero-order valence-corrected chi connectivity index (χ0v) is 17.1. The monoisotopic (exact) mass is 436 g/mol. The molecule has 0 unspecified atom stereocenters. The lowest BCUT2D eigenvalue weighted by atomic mass is 10.2. The first-order chi connectivity index (χ1) is 15.0. The van der Waals surface area contributed by atoms with Crippen LogP contribution >= 0.6 is 11.3 Å². The lowest BCUT2D eigenvalue weighted by molar-refractivity contribution is -0.384. The van der Waals surface area contributed by atoms with E-state index in [-0.39, 0.29) is 18.0 Å². The van der Waals surface area contributed by atoms with Crippen molar-refractivity contribution in [3.8, 4) is 11.4 Å². The second-order valence-corrected chi connectivity index (χ2v) is 7.15. The fourth-order valence-electron chi connectivity index (χ4n) is 2.86. The summed E-state index contributed by atoms with van der Waals surface area (Å²) in [7, 11) is 0. The Bertz CT molecular complexity index is 1240. The first kappa shape index (κ1) is 20.2. The van der Waals surface area contributed by atoms with Gasteiger partial charge in [0.25, 0.3) is 11.6 Å². The van der Waals surface area contributed by atoms with Crippen LogP contribution in [0.5, 0.6) is 5.75 Å². The summed E-state index contributed by atoms with van der Waals surface area (Å²) in [6.45, 7) is 1.94. The van der Waals surface area contributed by atoms with Crippen LogP contribution in [0.4, 0.5) is 11.4 Å². The van der Waals surface area contributed by atoms with Crippen LogP contribution in [0, 0.1) is 17.0 Å². The van der Waals surface area contributed by atoms with Gasteiger partial charge in [0.05, 0.1) is 33.2 Å². The molecule has 4 rings (SSSR count). The van der Waals surface area contributed by atoms with E-state index in [0.717, 1.165) is 5.69 Å². The number of non-ortho nitro benzene ring substituents is 1. The highest BCUT2D eigenvalue weighted by atomic mass is 32.1. The van der Waals surface area contributed by atoms with E-state index < -0.39 is 10.8 Å². The number of rotatable bonds is 7. The number of amides is 1. The molecule has 4 aromatic rings. The van der Waals surface area contributed by atoms with Crippen LogP contribution in [0.25, 0.3) is 5.69 Å². The molecule has 0 bridgehead atoms. The number of ether oxygens (including phenoxy) is 1. The fraction of sp³-hybridized carbons (Fsp3) is 0.100. The molecule has 0 aliphatic rings. The van der Waals surface area contributed by atoms with E-state index in [4.69, 9.17) is 4.74 Å². The summed E-state index contributed by atoms with van der Waals surface area (Å²) in [6.07, 6.45) is 0. The van der Waals surface area contributed by atoms with Crippen molar-refractivity contribution in [3.63, 3.8) is 0 Å². The highest BCUT2D eigenvalue weighted by molar-refractivity contribution is 7.07.